The quantitative estimate of drug-likeness (QED) is 0.0573. The van der Waals surface area contributed by atoms with Crippen LogP contribution in [0.4, 0.5) is 5.69 Å². The molecule has 4 aliphatic rings. The number of nitrogens with zero attached hydrogens (tertiary/aromatic N) is 1. The number of imide groups is 1. The van der Waals surface area contributed by atoms with Crippen LogP contribution in [-0.4, -0.2) is 36.1 Å². The molecule has 4 aromatic carbocycles. The van der Waals surface area contributed by atoms with E-state index in [0.717, 1.165) is 27.2 Å². The molecule has 49 heavy (non-hydrogen) atoms. The number of hydrogen-bond acceptors (Lipinski definition) is 8. The SMILES string of the molecule is O=C(COC(=O)c1cccc(N2C(=O)[C@@H]3[C@H](C2=O)C2(Br)c4ccccc4C3(Br)c3ccccc32)c1)c1ccc(OC(=O)c2ccco2)cc1. The second kappa shape index (κ2) is 11.5. The van der Waals surface area contributed by atoms with Crippen LogP contribution in [0.3, 0.4) is 0 Å². The molecule has 1 fully saturated rings. The minimum absolute atomic E-state index is 0.0373. The van der Waals surface area contributed by atoms with Gasteiger partial charge < -0.3 is 13.9 Å². The Morgan fingerprint density at radius 2 is 1.24 bits per heavy atom. The summed E-state index contributed by atoms with van der Waals surface area (Å²) in [6, 6.07) is 30.5. The number of hydrogen-bond donors (Lipinski definition) is 0. The van der Waals surface area contributed by atoms with Gasteiger partial charge in [-0.1, -0.05) is 86.5 Å². The van der Waals surface area contributed by atoms with Crippen molar-refractivity contribution in [1.29, 1.82) is 0 Å². The number of carbonyl (C=O) groups is 5. The normalized spacial score (nSPS) is 23.0. The van der Waals surface area contributed by atoms with Crippen LogP contribution in [0.5, 0.6) is 5.75 Å². The number of anilines is 1. The van der Waals surface area contributed by atoms with Crippen molar-refractivity contribution < 1.29 is 37.9 Å². The van der Waals surface area contributed by atoms with Crippen molar-refractivity contribution in [3.8, 4) is 5.75 Å². The molecule has 0 spiro atoms. The third kappa shape index (κ3) is 4.59. The van der Waals surface area contributed by atoms with Crippen molar-refractivity contribution in [3.63, 3.8) is 0 Å². The van der Waals surface area contributed by atoms with Gasteiger partial charge in [-0.15, -0.1) is 0 Å². The summed E-state index contributed by atoms with van der Waals surface area (Å²) in [5.74, 6) is -4.04. The molecule has 0 saturated carbocycles. The molecule has 0 unspecified atom stereocenters. The number of halogens is 2. The molecule has 5 aromatic rings. The van der Waals surface area contributed by atoms with E-state index >= 15 is 0 Å². The minimum atomic E-state index is -0.946. The van der Waals surface area contributed by atoms with Gasteiger partial charge in [0.05, 0.1) is 38.0 Å². The molecule has 3 aliphatic carbocycles. The van der Waals surface area contributed by atoms with Gasteiger partial charge in [-0.3, -0.25) is 14.4 Å². The summed E-state index contributed by atoms with van der Waals surface area (Å²) in [4.78, 5) is 67.9. The molecule has 11 heteroatoms. The number of alkyl halides is 2. The Morgan fingerprint density at radius 1 is 0.673 bits per heavy atom. The predicted molar refractivity (Wildman–Crippen MR) is 183 cm³/mol. The number of esters is 2. The van der Waals surface area contributed by atoms with E-state index in [-0.39, 0.29) is 28.3 Å². The summed E-state index contributed by atoms with van der Waals surface area (Å²) in [5, 5.41) is 0. The first-order chi connectivity index (χ1) is 23.6. The van der Waals surface area contributed by atoms with Crippen LogP contribution in [0.1, 0.15) is 53.5 Å². The average Bonchev–Trinajstić information content (AvgIpc) is 3.77. The zero-order valence-corrected chi connectivity index (χ0v) is 28.5. The molecule has 2 atom stereocenters. The largest absolute Gasteiger partial charge is 0.457 e. The van der Waals surface area contributed by atoms with E-state index in [1.165, 1.54) is 48.7 Å². The lowest BCUT2D eigenvalue weighted by Gasteiger charge is -2.55. The smallest absolute Gasteiger partial charge is 0.379 e. The van der Waals surface area contributed by atoms with Crippen LogP contribution in [0.2, 0.25) is 0 Å². The van der Waals surface area contributed by atoms with Crippen molar-refractivity contribution in [2.24, 2.45) is 11.8 Å². The highest BCUT2D eigenvalue weighted by Crippen LogP contribution is 2.70. The molecule has 2 bridgehead atoms. The van der Waals surface area contributed by atoms with Crippen LogP contribution in [0.15, 0.2) is 120 Å². The fraction of sp³-hybridized carbons (Fsp3) is 0.132. The second-order valence-electron chi connectivity index (χ2n) is 11.9. The molecule has 242 valence electrons. The Kier molecular flexibility index (Phi) is 7.31. The molecule has 1 saturated heterocycles. The summed E-state index contributed by atoms with van der Waals surface area (Å²) in [6.45, 7) is -0.560. The Bertz CT molecular complexity index is 2090. The van der Waals surface area contributed by atoms with Gasteiger partial charge in [-0.25, -0.2) is 14.5 Å². The Labute approximate surface area is 296 Å². The van der Waals surface area contributed by atoms with Gasteiger partial charge in [0.2, 0.25) is 17.6 Å². The summed E-state index contributed by atoms with van der Waals surface area (Å²) in [6.07, 6.45) is 1.35. The molecule has 2 amide bonds. The number of ketones is 1. The Balaban J connectivity index is 1.01. The van der Waals surface area contributed by atoms with Crippen molar-refractivity contribution in [2.75, 3.05) is 11.5 Å². The Morgan fingerprint density at radius 3 is 1.78 bits per heavy atom. The van der Waals surface area contributed by atoms with Gasteiger partial charge in [0.1, 0.15) is 5.75 Å². The van der Waals surface area contributed by atoms with Crippen molar-refractivity contribution in [1.82, 2.24) is 0 Å². The maximum absolute atomic E-state index is 14.4. The highest BCUT2D eigenvalue weighted by molar-refractivity contribution is 9.10. The molecular formula is C38H23Br2NO8. The molecular weight excluding hydrogens is 758 g/mol. The summed E-state index contributed by atoms with van der Waals surface area (Å²) in [7, 11) is 0. The van der Waals surface area contributed by atoms with E-state index in [4.69, 9.17) is 13.9 Å². The maximum atomic E-state index is 14.4. The third-order valence-corrected chi connectivity index (χ3v) is 12.1. The molecule has 1 aliphatic heterocycles. The highest BCUT2D eigenvalue weighted by Gasteiger charge is 2.72. The molecule has 2 heterocycles. The number of furan rings is 1. The number of Topliss-reactive ketones (excluding diaryl/α,β-unsaturated/α-hetero) is 1. The van der Waals surface area contributed by atoms with Gasteiger partial charge in [0, 0.05) is 5.56 Å². The minimum Gasteiger partial charge on any atom is -0.457 e. The van der Waals surface area contributed by atoms with Crippen molar-refractivity contribution in [3.05, 3.63) is 155 Å². The predicted octanol–water partition coefficient (Wildman–Crippen LogP) is 6.95. The van der Waals surface area contributed by atoms with Gasteiger partial charge in [0.25, 0.3) is 0 Å². The average molecular weight is 781 g/mol. The first-order valence-corrected chi connectivity index (χ1v) is 16.8. The van der Waals surface area contributed by atoms with E-state index in [1.807, 2.05) is 48.5 Å². The highest BCUT2D eigenvalue weighted by atomic mass is 79.9. The van der Waals surface area contributed by atoms with Gasteiger partial charge in [0.15, 0.2) is 12.4 Å². The molecule has 1 aromatic heterocycles. The zero-order valence-electron chi connectivity index (χ0n) is 25.3. The molecule has 0 radical (unpaired) electrons. The summed E-state index contributed by atoms with van der Waals surface area (Å²) in [5.41, 5.74) is 4.20. The fourth-order valence-corrected chi connectivity index (χ4v) is 9.56. The fourth-order valence-electron chi connectivity index (χ4n) is 7.25. The summed E-state index contributed by atoms with van der Waals surface area (Å²) >= 11 is 7.98. The Hall–Kier alpha value is -5.13. The zero-order chi connectivity index (χ0) is 34.1. The van der Waals surface area contributed by atoms with Crippen LogP contribution in [0, 0.1) is 11.8 Å². The number of amides is 2. The number of carbonyl (C=O) groups excluding carboxylic acids is 5. The van der Waals surface area contributed by atoms with Crippen LogP contribution >= 0.6 is 31.9 Å². The van der Waals surface area contributed by atoms with E-state index in [0.29, 0.717) is 0 Å². The van der Waals surface area contributed by atoms with Crippen LogP contribution < -0.4 is 9.64 Å². The number of ether oxygens (including phenoxy) is 2. The lowest BCUT2D eigenvalue weighted by Crippen LogP contribution is -2.56. The molecule has 9 rings (SSSR count). The van der Waals surface area contributed by atoms with Crippen molar-refractivity contribution in [2.45, 2.75) is 8.65 Å². The van der Waals surface area contributed by atoms with Crippen LogP contribution in [-0.2, 0) is 23.0 Å². The molecule has 0 N–H and O–H groups in total. The lowest BCUT2D eigenvalue weighted by molar-refractivity contribution is -0.122. The summed E-state index contributed by atoms with van der Waals surface area (Å²) < 4.78 is 13.7. The van der Waals surface area contributed by atoms with E-state index in [1.54, 1.807) is 18.2 Å². The first kappa shape index (κ1) is 31.2. The van der Waals surface area contributed by atoms with Crippen LogP contribution in [0.25, 0.3) is 0 Å². The number of benzene rings is 4. The monoisotopic (exact) mass is 779 g/mol. The third-order valence-electron chi connectivity index (χ3n) is 9.37. The topological polar surface area (TPSA) is 120 Å². The standard InChI is InChI=1S/C38H23Br2NO8/c39-37-25-9-1-2-10-26(25)38(40,28-12-4-3-11-27(28)37)32-31(37)33(43)41(34(32)44)23-8-5-7-22(19-23)35(45)48-20-29(42)21-14-16-24(17-15-21)49-36(46)30-13-6-18-47-30/h1-19,31-32H,20H2/t31-,32+,37?,38?. The van der Waals surface area contributed by atoms with E-state index < -0.39 is 56.6 Å². The van der Waals surface area contributed by atoms with E-state index in [9.17, 15) is 24.0 Å². The second-order valence-corrected chi connectivity index (χ2v) is 14.4. The first-order valence-electron chi connectivity index (χ1n) is 15.3. The van der Waals surface area contributed by atoms with Gasteiger partial charge in [-0.05, 0) is 76.9 Å². The van der Waals surface area contributed by atoms with E-state index in [2.05, 4.69) is 31.9 Å². The number of rotatable bonds is 7. The maximum Gasteiger partial charge on any atom is 0.379 e. The van der Waals surface area contributed by atoms with Gasteiger partial charge in [-0.2, -0.15) is 0 Å². The van der Waals surface area contributed by atoms with Crippen molar-refractivity contribution >= 4 is 67.1 Å². The molecule has 9 nitrogen and oxygen atoms in total. The lowest BCUT2D eigenvalue weighted by atomic mass is 9.54. The van der Waals surface area contributed by atoms with Gasteiger partial charge >= 0.3 is 11.9 Å².